The molecule has 0 radical (unpaired) electrons. The molecule has 41 heavy (non-hydrogen) atoms. The maximum atomic E-state index is 9.91. The minimum absolute atomic E-state index is 0.366. The van der Waals surface area contributed by atoms with Gasteiger partial charge in [-0.1, -0.05) is 127 Å². The summed E-state index contributed by atoms with van der Waals surface area (Å²) in [6, 6.07) is 48.8. The van der Waals surface area contributed by atoms with Gasteiger partial charge in [-0.2, -0.15) is 0 Å². The zero-order valence-electron chi connectivity index (χ0n) is 22.2. The second-order valence-electron chi connectivity index (χ2n) is 10.7. The molecule has 2 N–H and O–H groups in total. The Morgan fingerprint density at radius 1 is 0.537 bits per heavy atom. The van der Waals surface area contributed by atoms with E-state index in [-0.39, 0.29) is 0 Å². The summed E-state index contributed by atoms with van der Waals surface area (Å²) in [5.74, 6) is 0. The van der Waals surface area contributed by atoms with Crippen molar-refractivity contribution in [2.45, 2.75) is 5.41 Å². The molecule has 0 fully saturated rings. The van der Waals surface area contributed by atoms with E-state index in [2.05, 4.69) is 115 Å². The number of rotatable bonds is 4. The first kappa shape index (κ1) is 23.9. The van der Waals surface area contributed by atoms with Gasteiger partial charge in [0.05, 0.1) is 5.41 Å². The van der Waals surface area contributed by atoms with E-state index in [1.807, 2.05) is 18.2 Å². The number of benzene rings is 6. The number of para-hydroxylation sites is 1. The molecule has 8 rings (SSSR count). The molecule has 1 aliphatic carbocycles. The van der Waals surface area contributed by atoms with Gasteiger partial charge in [0.1, 0.15) is 11.2 Å². The van der Waals surface area contributed by atoms with E-state index < -0.39 is 12.5 Å². The lowest BCUT2D eigenvalue weighted by Crippen LogP contribution is -2.29. The Bertz CT molecular complexity index is 2040. The van der Waals surface area contributed by atoms with Gasteiger partial charge >= 0.3 is 7.12 Å². The molecule has 0 saturated carbocycles. The highest BCUT2D eigenvalue weighted by atomic mass is 16.4. The molecule has 1 aromatic heterocycles. The molecule has 0 saturated heterocycles. The topological polar surface area (TPSA) is 53.6 Å². The summed E-state index contributed by atoms with van der Waals surface area (Å²) >= 11 is 0. The predicted molar refractivity (Wildman–Crippen MR) is 166 cm³/mol. The van der Waals surface area contributed by atoms with Crippen LogP contribution in [0.3, 0.4) is 0 Å². The van der Waals surface area contributed by atoms with Crippen molar-refractivity contribution < 1.29 is 14.5 Å². The zero-order valence-corrected chi connectivity index (χ0v) is 22.2. The summed E-state index contributed by atoms with van der Waals surface area (Å²) in [6.07, 6.45) is 0. The van der Waals surface area contributed by atoms with Crippen LogP contribution in [0.4, 0.5) is 0 Å². The molecule has 0 unspecified atom stereocenters. The summed E-state index contributed by atoms with van der Waals surface area (Å²) in [5, 5.41) is 21.6. The minimum Gasteiger partial charge on any atom is -0.456 e. The Kier molecular flexibility index (Phi) is 5.30. The first-order valence-electron chi connectivity index (χ1n) is 13.8. The smallest absolute Gasteiger partial charge is 0.456 e. The fourth-order valence-electron chi connectivity index (χ4n) is 6.92. The minimum atomic E-state index is -1.60. The van der Waals surface area contributed by atoms with Crippen molar-refractivity contribution in [3.63, 3.8) is 0 Å². The highest BCUT2D eigenvalue weighted by Gasteiger charge is 2.46. The molecular weight excluding hydrogens is 503 g/mol. The average molecular weight is 528 g/mol. The van der Waals surface area contributed by atoms with E-state index in [1.165, 1.54) is 33.4 Å². The van der Waals surface area contributed by atoms with Gasteiger partial charge in [-0.15, -0.1) is 0 Å². The van der Waals surface area contributed by atoms with Gasteiger partial charge < -0.3 is 14.5 Å². The van der Waals surface area contributed by atoms with Crippen LogP contribution in [0.2, 0.25) is 0 Å². The van der Waals surface area contributed by atoms with Crippen molar-refractivity contribution in [2.24, 2.45) is 0 Å². The van der Waals surface area contributed by atoms with Crippen LogP contribution in [0.15, 0.2) is 144 Å². The van der Waals surface area contributed by atoms with Crippen LogP contribution in [0.25, 0.3) is 44.2 Å². The monoisotopic (exact) mass is 528 g/mol. The molecule has 4 heteroatoms. The SMILES string of the molecule is OB(O)c1cccc2c1oc1ccc(-c3cccc4c3-c3ccccc3C4(c3ccccc3)c3ccccc3)cc12. The molecule has 0 aliphatic heterocycles. The van der Waals surface area contributed by atoms with Crippen molar-refractivity contribution in [3.05, 3.63) is 162 Å². The number of hydrogen-bond donors (Lipinski definition) is 2. The van der Waals surface area contributed by atoms with Crippen LogP contribution in [-0.2, 0) is 5.41 Å². The molecule has 7 aromatic rings. The molecule has 194 valence electrons. The van der Waals surface area contributed by atoms with Crippen LogP contribution >= 0.6 is 0 Å². The zero-order chi connectivity index (χ0) is 27.6. The highest BCUT2D eigenvalue weighted by Crippen LogP contribution is 2.58. The van der Waals surface area contributed by atoms with Gasteiger partial charge in [-0.3, -0.25) is 0 Å². The number of hydrogen-bond acceptors (Lipinski definition) is 3. The summed E-state index contributed by atoms with van der Waals surface area (Å²) < 4.78 is 6.11. The highest BCUT2D eigenvalue weighted by molar-refractivity contribution is 6.61. The molecule has 0 bridgehead atoms. The van der Waals surface area contributed by atoms with Gasteiger partial charge in [0.15, 0.2) is 0 Å². The van der Waals surface area contributed by atoms with Crippen LogP contribution in [0.5, 0.6) is 0 Å². The van der Waals surface area contributed by atoms with Crippen LogP contribution in [0, 0.1) is 0 Å². The largest absolute Gasteiger partial charge is 0.492 e. The van der Waals surface area contributed by atoms with Gasteiger partial charge in [0.25, 0.3) is 0 Å². The van der Waals surface area contributed by atoms with Gasteiger partial charge in [-0.25, -0.2) is 0 Å². The van der Waals surface area contributed by atoms with E-state index in [4.69, 9.17) is 4.42 Å². The lowest BCUT2D eigenvalue weighted by molar-refractivity contribution is 0.425. The predicted octanol–water partition coefficient (Wildman–Crippen LogP) is 7.30. The first-order chi connectivity index (χ1) is 20.2. The van der Waals surface area contributed by atoms with Crippen LogP contribution < -0.4 is 5.46 Å². The quantitative estimate of drug-likeness (QED) is 0.236. The Balaban J connectivity index is 1.44. The third-order valence-corrected chi connectivity index (χ3v) is 8.60. The fourth-order valence-corrected chi connectivity index (χ4v) is 6.92. The van der Waals surface area contributed by atoms with Gasteiger partial charge in [-0.05, 0) is 56.6 Å². The van der Waals surface area contributed by atoms with Gasteiger partial charge in [0.2, 0.25) is 0 Å². The number of fused-ring (bicyclic) bond motifs is 6. The van der Waals surface area contributed by atoms with E-state index in [0.717, 1.165) is 21.9 Å². The molecule has 0 amide bonds. The first-order valence-corrected chi connectivity index (χ1v) is 13.8. The van der Waals surface area contributed by atoms with Crippen molar-refractivity contribution >= 4 is 34.5 Å². The summed E-state index contributed by atoms with van der Waals surface area (Å²) in [6.45, 7) is 0. The Hall–Kier alpha value is -4.90. The van der Waals surface area contributed by atoms with Crippen LogP contribution in [0.1, 0.15) is 22.3 Å². The summed E-state index contributed by atoms with van der Waals surface area (Å²) in [4.78, 5) is 0. The Morgan fingerprint density at radius 3 is 1.90 bits per heavy atom. The lowest BCUT2D eigenvalue weighted by Gasteiger charge is -2.34. The maximum absolute atomic E-state index is 9.91. The maximum Gasteiger partial charge on any atom is 0.492 e. The second kappa shape index (κ2) is 9.07. The van der Waals surface area contributed by atoms with E-state index in [0.29, 0.717) is 16.6 Å². The molecule has 0 atom stereocenters. The molecular formula is C37H25BO3. The third-order valence-electron chi connectivity index (χ3n) is 8.60. The van der Waals surface area contributed by atoms with Crippen molar-refractivity contribution in [1.29, 1.82) is 0 Å². The van der Waals surface area contributed by atoms with Gasteiger partial charge in [0, 0.05) is 16.2 Å². The van der Waals surface area contributed by atoms with Crippen molar-refractivity contribution in [2.75, 3.05) is 0 Å². The fraction of sp³-hybridized carbons (Fsp3) is 0.0270. The summed E-state index contributed by atoms with van der Waals surface area (Å²) in [5.41, 5.74) is 10.8. The Labute approximate surface area is 238 Å². The third kappa shape index (κ3) is 3.35. The molecule has 3 nitrogen and oxygen atoms in total. The van der Waals surface area contributed by atoms with Crippen LogP contribution in [-0.4, -0.2) is 17.2 Å². The van der Waals surface area contributed by atoms with Crippen molar-refractivity contribution in [1.82, 2.24) is 0 Å². The number of furan rings is 1. The van der Waals surface area contributed by atoms with E-state index in [1.54, 1.807) is 6.07 Å². The summed E-state index contributed by atoms with van der Waals surface area (Å²) in [7, 11) is -1.60. The normalized spacial score (nSPS) is 13.3. The molecule has 1 heterocycles. The molecule has 0 spiro atoms. The lowest BCUT2D eigenvalue weighted by atomic mass is 9.67. The molecule has 6 aromatic carbocycles. The molecule has 1 aliphatic rings. The standard InChI is InChI=1S/C37H25BO3/c39-38(40)33-20-10-17-28-30-23-24(21-22-34(30)41-36(28)33)27-16-9-19-32-35(27)29-15-7-8-18-31(29)37(32,25-11-3-1-4-12-25)26-13-5-2-6-14-26/h1-23,39-40H. The average Bonchev–Trinajstić information content (AvgIpc) is 3.55. The Morgan fingerprint density at radius 2 is 1.17 bits per heavy atom. The van der Waals surface area contributed by atoms with E-state index >= 15 is 0 Å². The van der Waals surface area contributed by atoms with Crippen molar-refractivity contribution in [3.8, 4) is 22.3 Å². The second-order valence-corrected chi connectivity index (χ2v) is 10.7. The van der Waals surface area contributed by atoms with E-state index in [9.17, 15) is 10.0 Å².